The number of benzene rings is 1. The molecule has 0 amide bonds. The second kappa shape index (κ2) is 6.76. The molecule has 1 N–H and O–H groups in total. The number of ether oxygens (including phenoxy) is 1. The fraction of sp³-hybridized carbons (Fsp3) is 0.0833. The molecule has 0 fully saturated rings. The minimum atomic E-state index is -2.83. The van der Waals surface area contributed by atoms with Crippen LogP contribution in [0.5, 0.6) is 5.75 Å². The van der Waals surface area contributed by atoms with E-state index in [1.807, 2.05) is 0 Å². The van der Waals surface area contributed by atoms with Gasteiger partial charge in [0.1, 0.15) is 5.75 Å². The highest BCUT2D eigenvalue weighted by atomic mass is 35.5. The smallest absolute Gasteiger partial charge is 0.387 e. The van der Waals surface area contributed by atoms with Crippen molar-refractivity contribution in [2.24, 2.45) is 5.10 Å². The second-order valence-electron chi connectivity index (χ2n) is 3.56. The molecule has 0 bridgehead atoms. The highest BCUT2D eigenvalue weighted by Gasteiger charge is 2.02. The van der Waals surface area contributed by atoms with Crippen LogP contribution in [0, 0.1) is 0 Å². The van der Waals surface area contributed by atoms with E-state index in [4.69, 9.17) is 11.6 Å². The van der Waals surface area contributed by atoms with E-state index in [1.54, 1.807) is 24.3 Å². The minimum Gasteiger partial charge on any atom is -0.435 e. The van der Waals surface area contributed by atoms with E-state index >= 15 is 0 Å². The largest absolute Gasteiger partial charge is 0.435 e. The van der Waals surface area contributed by atoms with E-state index in [0.717, 1.165) is 0 Å². The van der Waals surface area contributed by atoms with Crippen LogP contribution >= 0.6 is 11.6 Å². The van der Waals surface area contributed by atoms with Gasteiger partial charge >= 0.3 is 6.61 Å². The number of rotatable bonds is 5. The Morgan fingerprint density at radius 1 is 1.15 bits per heavy atom. The van der Waals surface area contributed by atoms with E-state index in [9.17, 15) is 8.78 Å². The van der Waals surface area contributed by atoms with Crippen molar-refractivity contribution < 1.29 is 13.5 Å². The lowest BCUT2D eigenvalue weighted by molar-refractivity contribution is -0.0498. The third kappa shape index (κ3) is 4.43. The SMILES string of the molecule is FC(F)Oc1ccc(/C=N/Nc2ccc(Cl)nn2)cc1. The van der Waals surface area contributed by atoms with Crippen molar-refractivity contribution in [2.45, 2.75) is 6.61 Å². The Labute approximate surface area is 118 Å². The van der Waals surface area contributed by atoms with Crippen molar-refractivity contribution in [1.29, 1.82) is 0 Å². The Hall–Kier alpha value is -2.28. The van der Waals surface area contributed by atoms with Crippen LogP contribution in [0.25, 0.3) is 0 Å². The van der Waals surface area contributed by atoms with Gasteiger partial charge in [-0.25, -0.2) is 0 Å². The summed E-state index contributed by atoms with van der Waals surface area (Å²) in [7, 11) is 0. The van der Waals surface area contributed by atoms with Crippen molar-refractivity contribution in [3.8, 4) is 5.75 Å². The van der Waals surface area contributed by atoms with Gasteiger partial charge in [0, 0.05) is 0 Å². The molecule has 0 aliphatic carbocycles. The van der Waals surface area contributed by atoms with Gasteiger partial charge in [0.2, 0.25) is 0 Å². The van der Waals surface area contributed by atoms with Crippen LogP contribution in [0.1, 0.15) is 5.56 Å². The third-order valence-corrected chi connectivity index (χ3v) is 2.33. The summed E-state index contributed by atoms with van der Waals surface area (Å²) in [6.45, 7) is -2.83. The summed E-state index contributed by atoms with van der Waals surface area (Å²) in [5, 5.41) is 11.6. The van der Waals surface area contributed by atoms with Crippen LogP contribution in [-0.4, -0.2) is 23.0 Å². The molecule has 0 atom stereocenters. The highest BCUT2D eigenvalue weighted by molar-refractivity contribution is 6.29. The molecule has 0 saturated carbocycles. The van der Waals surface area contributed by atoms with Gasteiger partial charge in [-0.3, -0.25) is 5.43 Å². The summed E-state index contributed by atoms with van der Waals surface area (Å²) in [6, 6.07) is 9.23. The molecule has 104 valence electrons. The second-order valence-corrected chi connectivity index (χ2v) is 3.95. The Balaban J connectivity index is 1.92. The van der Waals surface area contributed by atoms with Gasteiger partial charge in [-0.1, -0.05) is 11.6 Å². The monoisotopic (exact) mass is 298 g/mol. The zero-order chi connectivity index (χ0) is 14.4. The van der Waals surface area contributed by atoms with Crippen molar-refractivity contribution in [2.75, 3.05) is 5.43 Å². The Morgan fingerprint density at radius 2 is 1.90 bits per heavy atom. The number of aromatic nitrogens is 2. The molecular formula is C12H9ClF2N4O. The Bertz CT molecular complexity index is 575. The third-order valence-electron chi connectivity index (χ3n) is 2.13. The van der Waals surface area contributed by atoms with Gasteiger partial charge in [-0.15, -0.1) is 10.2 Å². The molecular weight excluding hydrogens is 290 g/mol. The molecule has 20 heavy (non-hydrogen) atoms. The number of hydrogen-bond donors (Lipinski definition) is 1. The average Bonchev–Trinajstić information content (AvgIpc) is 2.42. The van der Waals surface area contributed by atoms with Crippen molar-refractivity contribution in [3.05, 3.63) is 47.1 Å². The van der Waals surface area contributed by atoms with E-state index < -0.39 is 6.61 Å². The van der Waals surface area contributed by atoms with Gasteiger partial charge in [0.25, 0.3) is 0 Å². The zero-order valence-corrected chi connectivity index (χ0v) is 10.8. The molecule has 0 spiro atoms. The number of alkyl halides is 2. The first kappa shape index (κ1) is 14.1. The molecule has 0 aliphatic rings. The molecule has 0 saturated heterocycles. The van der Waals surface area contributed by atoms with Crippen LogP contribution in [-0.2, 0) is 0 Å². The number of halogens is 3. The fourth-order valence-electron chi connectivity index (χ4n) is 1.28. The summed E-state index contributed by atoms with van der Waals surface area (Å²) < 4.78 is 28.1. The van der Waals surface area contributed by atoms with E-state index in [1.165, 1.54) is 18.3 Å². The van der Waals surface area contributed by atoms with Crippen LogP contribution in [0.4, 0.5) is 14.6 Å². The predicted molar refractivity (Wildman–Crippen MR) is 71.3 cm³/mol. The molecule has 0 radical (unpaired) electrons. The predicted octanol–water partition coefficient (Wildman–Crippen LogP) is 3.18. The summed E-state index contributed by atoms with van der Waals surface area (Å²) in [6.07, 6.45) is 1.50. The number of hydrogen-bond acceptors (Lipinski definition) is 5. The van der Waals surface area contributed by atoms with Gasteiger partial charge in [-0.2, -0.15) is 13.9 Å². The van der Waals surface area contributed by atoms with Crippen LogP contribution < -0.4 is 10.2 Å². The molecule has 1 heterocycles. The normalized spacial score (nSPS) is 11.0. The van der Waals surface area contributed by atoms with Crippen molar-refractivity contribution in [1.82, 2.24) is 10.2 Å². The fourth-order valence-corrected chi connectivity index (χ4v) is 1.38. The molecule has 2 aromatic rings. The first-order chi connectivity index (χ1) is 9.63. The average molecular weight is 299 g/mol. The van der Waals surface area contributed by atoms with E-state index in [0.29, 0.717) is 11.4 Å². The molecule has 0 aliphatic heterocycles. The standard InChI is InChI=1S/C12H9ClF2N4O/c13-10-5-6-11(19-17-10)18-16-7-8-1-3-9(4-2-8)20-12(14)15/h1-7,12H,(H,18,19)/b16-7+. The summed E-state index contributed by atoms with van der Waals surface area (Å²) in [5.74, 6) is 0.525. The zero-order valence-electron chi connectivity index (χ0n) is 10.0. The molecule has 0 unspecified atom stereocenters. The summed E-state index contributed by atoms with van der Waals surface area (Å²) in [4.78, 5) is 0. The maximum atomic E-state index is 12.0. The number of nitrogens with zero attached hydrogens (tertiary/aromatic N) is 3. The van der Waals surface area contributed by atoms with E-state index in [2.05, 4.69) is 25.5 Å². The Kier molecular flexibility index (Phi) is 4.78. The van der Waals surface area contributed by atoms with Crippen LogP contribution in [0.15, 0.2) is 41.5 Å². The first-order valence-electron chi connectivity index (χ1n) is 5.46. The summed E-state index contributed by atoms with van der Waals surface area (Å²) in [5.41, 5.74) is 3.36. The van der Waals surface area contributed by atoms with Crippen molar-refractivity contribution >= 4 is 23.6 Å². The number of nitrogens with one attached hydrogen (secondary N) is 1. The van der Waals surface area contributed by atoms with Gasteiger partial charge in [-0.05, 0) is 42.0 Å². The highest BCUT2D eigenvalue weighted by Crippen LogP contribution is 2.14. The number of anilines is 1. The number of hydrazone groups is 1. The lowest BCUT2D eigenvalue weighted by Crippen LogP contribution is -2.01. The molecule has 1 aromatic heterocycles. The van der Waals surface area contributed by atoms with Crippen molar-refractivity contribution in [3.63, 3.8) is 0 Å². The lowest BCUT2D eigenvalue weighted by Gasteiger charge is -2.03. The van der Waals surface area contributed by atoms with E-state index in [-0.39, 0.29) is 10.9 Å². The van der Waals surface area contributed by atoms with Gasteiger partial charge in [0.15, 0.2) is 11.0 Å². The lowest BCUT2D eigenvalue weighted by atomic mass is 10.2. The van der Waals surface area contributed by atoms with Gasteiger partial charge in [0.05, 0.1) is 6.21 Å². The Morgan fingerprint density at radius 3 is 2.50 bits per heavy atom. The van der Waals surface area contributed by atoms with Crippen LogP contribution in [0.2, 0.25) is 5.15 Å². The molecule has 8 heteroatoms. The minimum absolute atomic E-state index is 0.0914. The maximum Gasteiger partial charge on any atom is 0.387 e. The molecule has 1 aromatic carbocycles. The topological polar surface area (TPSA) is 59.4 Å². The summed E-state index contributed by atoms with van der Waals surface area (Å²) >= 11 is 5.59. The first-order valence-corrected chi connectivity index (χ1v) is 5.84. The van der Waals surface area contributed by atoms with Crippen LogP contribution in [0.3, 0.4) is 0 Å². The van der Waals surface area contributed by atoms with Gasteiger partial charge < -0.3 is 4.74 Å². The maximum absolute atomic E-state index is 12.0. The molecule has 2 rings (SSSR count). The quantitative estimate of drug-likeness (QED) is 0.680. The molecule has 5 nitrogen and oxygen atoms in total.